The summed E-state index contributed by atoms with van der Waals surface area (Å²) in [6, 6.07) is 13.8. The second-order valence-corrected chi connectivity index (χ2v) is 6.79. The molecule has 1 heterocycles. The van der Waals surface area contributed by atoms with Crippen LogP contribution in [0.2, 0.25) is 0 Å². The first-order valence-electron chi connectivity index (χ1n) is 8.80. The maximum Gasteiger partial charge on any atom is 0.315 e. The number of urea groups is 1. The van der Waals surface area contributed by atoms with Crippen LogP contribution >= 0.6 is 0 Å². The Bertz CT molecular complexity index is 705. The Morgan fingerprint density at radius 3 is 2.84 bits per heavy atom. The number of aromatic nitrogens is 1. The molecule has 3 atom stereocenters. The van der Waals surface area contributed by atoms with Crippen LogP contribution in [-0.2, 0) is 12.8 Å². The minimum Gasteiger partial charge on any atom is -0.396 e. The number of nitrogens with zero attached hydrogens (tertiary/aromatic N) is 1. The Morgan fingerprint density at radius 1 is 1.28 bits per heavy atom. The number of hydrogen-bond acceptors (Lipinski definition) is 3. The zero-order valence-electron chi connectivity index (χ0n) is 14.5. The molecule has 1 aromatic heterocycles. The number of aliphatic hydroxyl groups is 1. The zero-order valence-corrected chi connectivity index (χ0v) is 14.5. The molecule has 0 spiro atoms. The first kappa shape index (κ1) is 17.4. The van der Waals surface area contributed by atoms with Gasteiger partial charge in [0.2, 0.25) is 0 Å². The standard InChI is InChI=1S/C20H25N3O2/c1-14-10-16-6-2-3-8-18(16)19(14)23-20(25)22-12-15(13-24)11-17-7-4-5-9-21-17/h2-9,14-15,19,24H,10-13H2,1H3,(H2,22,23,25)/t14-,15+,19-/m1/s1. The molecule has 0 saturated heterocycles. The number of pyridine rings is 1. The van der Waals surface area contributed by atoms with E-state index in [4.69, 9.17) is 0 Å². The molecule has 1 aliphatic rings. The van der Waals surface area contributed by atoms with Crippen molar-refractivity contribution in [2.24, 2.45) is 11.8 Å². The topological polar surface area (TPSA) is 74.2 Å². The van der Waals surface area contributed by atoms with Crippen LogP contribution in [0.5, 0.6) is 0 Å². The summed E-state index contributed by atoms with van der Waals surface area (Å²) in [5, 5.41) is 15.5. The number of aliphatic hydroxyl groups excluding tert-OH is 1. The first-order chi connectivity index (χ1) is 12.2. The number of fused-ring (bicyclic) bond motifs is 1. The Labute approximate surface area is 148 Å². The van der Waals surface area contributed by atoms with E-state index >= 15 is 0 Å². The normalized spacial score (nSPS) is 19.9. The second-order valence-electron chi connectivity index (χ2n) is 6.79. The molecule has 0 saturated carbocycles. The maximum absolute atomic E-state index is 12.3. The van der Waals surface area contributed by atoms with Crippen LogP contribution in [0.25, 0.3) is 0 Å². The highest BCUT2D eigenvalue weighted by molar-refractivity contribution is 5.74. The zero-order chi connectivity index (χ0) is 17.6. The van der Waals surface area contributed by atoms with Crippen molar-refractivity contribution in [1.29, 1.82) is 0 Å². The van der Waals surface area contributed by atoms with Crippen LogP contribution in [0.4, 0.5) is 4.79 Å². The van der Waals surface area contributed by atoms with E-state index in [1.165, 1.54) is 11.1 Å². The van der Waals surface area contributed by atoms with Gasteiger partial charge in [-0.25, -0.2) is 4.79 Å². The molecule has 2 aromatic rings. The summed E-state index contributed by atoms with van der Waals surface area (Å²) < 4.78 is 0. The fourth-order valence-electron chi connectivity index (χ4n) is 3.46. The van der Waals surface area contributed by atoms with Crippen molar-refractivity contribution in [2.75, 3.05) is 13.2 Å². The molecular formula is C20H25N3O2. The smallest absolute Gasteiger partial charge is 0.315 e. The number of nitrogens with one attached hydrogen (secondary N) is 2. The predicted molar refractivity (Wildman–Crippen MR) is 97.1 cm³/mol. The van der Waals surface area contributed by atoms with E-state index < -0.39 is 0 Å². The van der Waals surface area contributed by atoms with Crippen molar-refractivity contribution < 1.29 is 9.90 Å². The van der Waals surface area contributed by atoms with Crippen LogP contribution in [0.15, 0.2) is 48.7 Å². The lowest BCUT2D eigenvalue weighted by molar-refractivity contribution is 0.210. The molecule has 2 amide bonds. The summed E-state index contributed by atoms with van der Waals surface area (Å²) in [5.41, 5.74) is 3.43. The van der Waals surface area contributed by atoms with Gasteiger partial charge in [0, 0.05) is 31.0 Å². The summed E-state index contributed by atoms with van der Waals surface area (Å²) in [5.74, 6) is 0.333. The molecule has 3 rings (SSSR count). The highest BCUT2D eigenvalue weighted by Crippen LogP contribution is 2.35. The van der Waals surface area contributed by atoms with Gasteiger partial charge < -0.3 is 15.7 Å². The maximum atomic E-state index is 12.3. The van der Waals surface area contributed by atoms with E-state index in [9.17, 15) is 9.90 Å². The summed E-state index contributed by atoms with van der Waals surface area (Å²) in [4.78, 5) is 16.6. The summed E-state index contributed by atoms with van der Waals surface area (Å²) in [6.07, 6.45) is 3.36. The monoisotopic (exact) mass is 339 g/mol. The van der Waals surface area contributed by atoms with Crippen LogP contribution in [0, 0.1) is 11.8 Å². The van der Waals surface area contributed by atoms with Gasteiger partial charge in [0.1, 0.15) is 0 Å². The molecule has 0 bridgehead atoms. The highest BCUT2D eigenvalue weighted by atomic mass is 16.3. The second kappa shape index (κ2) is 8.12. The third kappa shape index (κ3) is 4.37. The van der Waals surface area contributed by atoms with Crippen LogP contribution in [-0.4, -0.2) is 29.3 Å². The van der Waals surface area contributed by atoms with Gasteiger partial charge in [-0.3, -0.25) is 4.98 Å². The van der Waals surface area contributed by atoms with Crippen LogP contribution < -0.4 is 10.6 Å². The van der Waals surface area contributed by atoms with E-state index in [0.29, 0.717) is 18.9 Å². The van der Waals surface area contributed by atoms with Gasteiger partial charge in [-0.2, -0.15) is 0 Å². The molecular weight excluding hydrogens is 314 g/mol. The fraction of sp³-hybridized carbons (Fsp3) is 0.400. The van der Waals surface area contributed by atoms with Crippen molar-refractivity contribution in [3.8, 4) is 0 Å². The SMILES string of the molecule is C[C@@H]1Cc2ccccc2[C@@H]1NC(=O)NC[C@@H](CO)Cc1ccccn1. The average molecular weight is 339 g/mol. The van der Waals surface area contributed by atoms with Crippen LogP contribution in [0.1, 0.15) is 29.8 Å². The van der Waals surface area contributed by atoms with Crippen LogP contribution in [0.3, 0.4) is 0 Å². The van der Waals surface area contributed by atoms with Crippen molar-refractivity contribution in [3.63, 3.8) is 0 Å². The lowest BCUT2D eigenvalue weighted by Crippen LogP contribution is -2.42. The largest absolute Gasteiger partial charge is 0.396 e. The fourth-order valence-corrected chi connectivity index (χ4v) is 3.46. The van der Waals surface area contributed by atoms with Crippen molar-refractivity contribution in [3.05, 3.63) is 65.5 Å². The highest BCUT2D eigenvalue weighted by Gasteiger charge is 2.30. The Hall–Kier alpha value is -2.40. The molecule has 0 radical (unpaired) electrons. The third-order valence-corrected chi connectivity index (χ3v) is 4.82. The molecule has 5 nitrogen and oxygen atoms in total. The molecule has 132 valence electrons. The van der Waals surface area contributed by atoms with Gasteiger partial charge in [-0.05, 0) is 42.0 Å². The average Bonchev–Trinajstić information content (AvgIpc) is 2.95. The molecule has 0 unspecified atom stereocenters. The molecule has 3 N–H and O–H groups in total. The number of carbonyl (C=O) groups excluding carboxylic acids is 1. The Balaban J connectivity index is 1.52. The van der Waals surface area contributed by atoms with Gasteiger partial charge in [-0.1, -0.05) is 37.3 Å². The molecule has 1 aliphatic carbocycles. The number of carbonyl (C=O) groups is 1. The van der Waals surface area contributed by atoms with E-state index in [-0.39, 0.29) is 24.6 Å². The van der Waals surface area contributed by atoms with Gasteiger partial charge in [-0.15, -0.1) is 0 Å². The summed E-state index contributed by atoms with van der Waals surface area (Å²) >= 11 is 0. The van der Waals surface area contributed by atoms with Gasteiger partial charge in [0.25, 0.3) is 0 Å². The quantitative estimate of drug-likeness (QED) is 0.757. The first-order valence-corrected chi connectivity index (χ1v) is 8.80. The van der Waals surface area contributed by atoms with E-state index in [2.05, 4.69) is 34.7 Å². The lowest BCUT2D eigenvalue weighted by Gasteiger charge is -2.21. The van der Waals surface area contributed by atoms with Gasteiger partial charge in [0.15, 0.2) is 0 Å². The number of benzene rings is 1. The van der Waals surface area contributed by atoms with E-state index in [1.54, 1.807) is 6.20 Å². The summed E-state index contributed by atoms with van der Waals surface area (Å²) in [7, 11) is 0. The predicted octanol–water partition coefficient (Wildman–Crippen LogP) is 2.47. The minimum atomic E-state index is -0.187. The van der Waals surface area contributed by atoms with Crippen molar-refractivity contribution in [1.82, 2.24) is 15.6 Å². The van der Waals surface area contributed by atoms with Crippen molar-refractivity contribution in [2.45, 2.75) is 25.8 Å². The Kier molecular flexibility index (Phi) is 5.66. The summed E-state index contributed by atoms with van der Waals surface area (Å²) in [6.45, 7) is 2.59. The van der Waals surface area contributed by atoms with Crippen molar-refractivity contribution >= 4 is 6.03 Å². The molecule has 25 heavy (non-hydrogen) atoms. The number of hydrogen-bond donors (Lipinski definition) is 3. The number of amides is 2. The molecule has 0 aliphatic heterocycles. The molecule has 5 heteroatoms. The van der Waals surface area contributed by atoms with E-state index in [0.717, 1.165) is 12.1 Å². The van der Waals surface area contributed by atoms with E-state index in [1.807, 2.05) is 30.3 Å². The minimum absolute atomic E-state index is 0.0134. The lowest BCUT2D eigenvalue weighted by atomic mass is 10.0. The van der Waals surface area contributed by atoms with Gasteiger partial charge >= 0.3 is 6.03 Å². The number of rotatable bonds is 6. The third-order valence-electron chi connectivity index (χ3n) is 4.82. The van der Waals surface area contributed by atoms with Gasteiger partial charge in [0.05, 0.1) is 6.04 Å². The Morgan fingerprint density at radius 2 is 2.08 bits per heavy atom. The molecule has 1 aromatic carbocycles. The molecule has 0 fully saturated rings.